The number of carbonyl (C=O) groups is 3. The monoisotopic (exact) mass is 333 g/mol. The fraction of sp³-hybridized carbons (Fsp3) is 0.737. The van der Waals surface area contributed by atoms with Crippen LogP contribution in [-0.2, 0) is 14.4 Å². The summed E-state index contributed by atoms with van der Waals surface area (Å²) < 4.78 is 0. The van der Waals surface area contributed by atoms with Crippen LogP contribution in [0.5, 0.6) is 0 Å². The van der Waals surface area contributed by atoms with Crippen LogP contribution in [0.2, 0.25) is 0 Å². The minimum atomic E-state index is -1.02. The lowest BCUT2D eigenvalue weighted by Crippen LogP contribution is -2.42. The average molecular weight is 333 g/mol. The first-order valence-corrected chi connectivity index (χ1v) is 8.96. The Hall–Kier alpha value is -1.65. The molecule has 24 heavy (non-hydrogen) atoms. The first-order chi connectivity index (χ1) is 11.1. The molecule has 0 saturated heterocycles. The zero-order valence-electron chi connectivity index (χ0n) is 15.0. The van der Waals surface area contributed by atoms with E-state index in [4.69, 9.17) is 0 Å². The highest BCUT2D eigenvalue weighted by Crippen LogP contribution is 2.71. The maximum Gasteiger partial charge on any atom is 0.312 e. The number of carbonyl (C=O) groups excluding carboxylic acids is 2. The Balaban J connectivity index is 1.88. The quantitative estimate of drug-likeness (QED) is 0.785. The van der Waals surface area contributed by atoms with Crippen molar-refractivity contribution in [1.82, 2.24) is 4.90 Å². The minimum Gasteiger partial charge on any atom is -0.481 e. The van der Waals surface area contributed by atoms with Gasteiger partial charge < -0.3 is 5.11 Å². The van der Waals surface area contributed by atoms with Gasteiger partial charge in [-0.15, -0.1) is 0 Å². The Bertz CT molecular complexity index is 618. The van der Waals surface area contributed by atoms with E-state index in [0.717, 1.165) is 19.3 Å². The highest BCUT2D eigenvalue weighted by atomic mass is 16.4. The summed E-state index contributed by atoms with van der Waals surface area (Å²) in [4.78, 5) is 38.7. The first kappa shape index (κ1) is 17.2. The van der Waals surface area contributed by atoms with E-state index in [1.54, 1.807) is 0 Å². The van der Waals surface area contributed by atoms with Gasteiger partial charge in [0, 0.05) is 17.7 Å². The lowest BCUT2D eigenvalue weighted by Gasteiger charge is -2.23. The molecule has 0 aromatic carbocycles. The summed E-state index contributed by atoms with van der Waals surface area (Å²) in [7, 11) is 0. The van der Waals surface area contributed by atoms with Gasteiger partial charge in [-0.05, 0) is 49.4 Å². The van der Waals surface area contributed by atoms with Crippen LogP contribution in [0, 0.1) is 22.7 Å². The van der Waals surface area contributed by atoms with Crippen LogP contribution in [0.3, 0.4) is 0 Å². The summed E-state index contributed by atoms with van der Waals surface area (Å²) in [6, 6.07) is 0. The van der Waals surface area contributed by atoms with E-state index in [2.05, 4.69) is 13.8 Å². The molecule has 5 nitrogen and oxygen atoms in total. The molecule has 0 aromatic heterocycles. The molecule has 1 N–H and O–H groups in total. The maximum atomic E-state index is 12.7. The predicted molar refractivity (Wildman–Crippen MR) is 89.0 cm³/mol. The minimum absolute atomic E-state index is 0.0113. The molecule has 2 atom stereocenters. The number of carboxylic acid groups (broad SMARTS) is 1. The third kappa shape index (κ3) is 2.16. The molecule has 0 radical (unpaired) electrons. The Morgan fingerprint density at radius 2 is 1.67 bits per heavy atom. The zero-order chi connectivity index (χ0) is 17.9. The Labute approximate surface area is 143 Å². The molecule has 3 aliphatic rings. The number of carboxylic acids is 1. The zero-order valence-corrected chi connectivity index (χ0v) is 15.0. The third-order valence-corrected chi connectivity index (χ3v) is 6.50. The van der Waals surface area contributed by atoms with Crippen LogP contribution in [0.4, 0.5) is 0 Å². The number of nitrogens with zero attached hydrogens (tertiary/aromatic N) is 1. The molecule has 2 aliphatic carbocycles. The molecule has 0 spiro atoms. The SMILES string of the molecule is CC(C)CC1C(C)(C)[C@]1(CN1C(=O)C2=C(CCCC2)C1=O)C(=O)O. The number of imide groups is 1. The summed E-state index contributed by atoms with van der Waals surface area (Å²) >= 11 is 0. The number of aliphatic carboxylic acids is 1. The number of hydrogen-bond donors (Lipinski definition) is 1. The second-order valence-electron chi connectivity index (χ2n) is 8.54. The van der Waals surface area contributed by atoms with Crippen molar-refractivity contribution in [1.29, 1.82) is 0 Å². The molecule has 1 unspecified atom stereocenters. The van der Waals surface area contributed by atoms with E-state index in [9.17, 15) is 19.5 Å². The molecular weight excluding hydrogens is 306 g/mol. The summed E-state index contributed by atoms with van der Waals surface area (Å²) in [5.74, 6) is -1.01. The van der Waals surface area contributed by atoms with Crippen LogP contribution in [0.25, 0.3) is 0 Å². The van der Waals surface area contributed by atoms with E-state index in [1.165, 1.54) is 4.90 Å². The Morgan fingerprint density at radius 1 is 1.17 bits per heavy atom. The number of hydrogen-bond acceptors (Lipinski definition) is 3. The second kappa shape index (κ2) is 5.43. The molecule has 5 heteroatoms. The van der Waals surface area contributed by atoms with E-state index in [1.807, 2.05) is 13.8 Å². The standard InChI is InChI=1S/C19H27NO4/c1-11(2)9-14-18(3,4)19(14,17(23)24)10-20-15(21)12-7-5-6-8-13(12)16(20)22/h11,14H,5-10H2,1-4H3,(H,23,24)/t14?,19-/m0/s1. The van der Waals surface area contributed by atoms with Gasteiger partial charge in [0.05, 0.1) is 5.41 Å². The summed E-state index contributed by atoms with van der Waals surface area (Å²) in [6.07, 6.45) is 3.95. The van der Waals surface area contributed by atoms with Gasteiger partial charge in [0.15, 0.2) is 0 Å². The Morgan fingerprint density at radius 3 is 2.08 bits per heavy atom. The molecule has 0 bridgehead atoms. The van der Waals surface area contributed by atoms with E-state index in [0.29, 0.717) is 29.9 Å². The van der Waals surface area contributed by atoms with Gasteiger partial charge in [-0.3, -0.25) is 19.3 Å². The lowest BCUT2D eigenvalue weighted by atomic mass is 9.93. The van der Waals surface area contributed by atoms with Crippen molar-refractivity contribution in [3.8, 4) is 0 Å². The molecule has 132 valence electrons. The molecule has 1 heterocycles. The Kier molecular flexibility index (Phi) is 3.89. The van der Waals surface area contributed by atoms with Crippen molar-refractivity contribution in [2.24, 2.45) is 22.7 Å². The highest BCUT2D eigenvalue weighted by Gasteiger charge is 2.76. The molecule has 0 aromatic rings. The van der Waals surface area contributed by atoms with Crippen molar-refractivity contribution in [2.75, 3.05) is 6.54 Å². The van der Waals surface area contributed by atoms with Gasteiger partial charge in [-0.2, -0.15) is 0 Å². The van der Waals surface area contributed by atoms with Crippen molar-refractivity contribution in [3.63, 3.8) is 0 Å². The highest BCUT2D eigenvalue weighted by molar-refractivity contribution is 6.19. The lowest BCUT2D eigenvalue weighted by molar-refractivity contribution is -0.148. The second-order valence-corrected chi connectivity index (χ2v) is 8.54. The van der Waals surface area contributed by atoms with E-state index in [-0.39, 0.29) is 24.3 Å². The molecule has 1 aliphatic heterocycles. The molecule has 1 saturated carbocycles. The van der Waals surface area contributed by atoms with Crippen LogP contribution in [-0.4, -0.2) is 34.3 Å². The van der Waals surface area contributed by atoms with Crippen LogP contribution >= 0.6 is 0 Å². The van der Waals surface area contributed by atoms with Crippen molar-refractivity contribution >= 4 is 17.8 Å². The van der Waals surface area contributed by atoms with Gasteiger partial charge in [0.25, 0.3) is 11.8 Å². The molecule has 3 rings (SSSR count). The predicted octanol–water partition coefficient (Wildman–Crippen LogP) is 3.00. The fourth-order valence-electron chi connectivity index (χ4n) is 4.93. The molecule has 1 fully saturated rings. The van der Waals surface area contributed by atoms with Crippen LogP contribution in [0.1, 0.15) is 59.8 Å². The van der Waals surface area contributed by atoms with E-state index >= 15 is 0 Å². The van der Waals surface area contributed by atoms with Crippen molar-refractivity contribution in [2.45, 2.75) is 59.8 Å². The van der Waals surface area contributed by atoms with Gasteiger partial charge in [0.2, 0.25) is 0 Å². The first-order valence-electron chi connectivity index (χ1n) is 8.96. The van der Waals surface area contributed by atoms with Gasteiger partial charge in [0.1, 0.15) is 0 Å². The smallest absolute Gasteiger partial charge is 0.312 e. The summed E-state index contributed by atoms with van der Waals surface area (Å²) in [5.41, 5.74) is -0.166. The van der Waals surface area contributed by atoms with Crippen molar-refractivity contribution < 1.29 is 19.5 Å². The molecule has 2 amide bonds. The average Bonchev–Trinajstić information content (AvgIpc) is 2.86. The van der Waals surface area contributed by atoms with Gasteiger partial charge in [-0.25, -0.2) is 0 Å². The van der Waals surface area contributed by atoms with E-state index < -0.39 is 16.8 Å². The molecular formula is C19H27NO4. The third-order valence-electron chi connectivity index (χ3n) is 6.50. The van der Waals surface area contributed by atoms with Gasteiger partial charge >= 0.3 is 5.97 Å². The topological polar surface area (TPSA) is 74.7 Å². The number of rotatable bonds is 5. The van der Waals surface area contributed by atoms with Gasteiger partial charge in [-0.1, -0.05) is 27.7 Å². The van der Waals surface area contributed by atoms with Crippen molar-refractivity contribution in [3.05, 3.63) is 11.1 Å². The normalized spacial score (nSPS) is 31.7. The van der Waals surface area contributed by atoms with Crippen LogP contribution in [0.15, 0.2) is 11.1 Å². The summed E-state index contributed by atoms with van der Waals surface area (Å²) in [6.45, 7) is 8.07. The number of amides is 2. The maximum absolute atomic E-state index is 12.7. The largest absolute Gasteiger partial charge is 0.481 e. The fourth-order valence-corrected chi connectivity index (χ4v) is 4.93. The summed E-state index contributed by atoms with van der Waals surface area (Å²) in [5, 5.41) is 9.95. The van der Waals surface area contributed by atoms with Crippen LogP contribution < -0.4 is 0 Å².